The van der Waals surface area contributed by atoms with Crippen molar-refractivity contribution in [2.24, 2.45) is 11.5 Å². The molecule has 1 fully saturated rings. The summed E-state index contributed by atoms with van der Waals surface area (Å²) in [7, 11) is 0. The maximum Gasteiger partial charge on any atom is 0.322 e. The van der Waals surface area contributed by atoms with E-state index in [1.165, 1.54) is 16.7 Å². The minimum atomic E-state index is -1.24. The number of carboxylic acids is 1. The Kier molecular flexibility index (Phi) is 9.73. The number of primary amides is 1. The molecule has 1 rings (SSSR count). The van der Waals surface area contributed by atoms with Crippen LogP contribution < -0.4 is 22.1 Å². The van der Waals surface area contributed by atoms with Crippen molar-refractivity contribution in [1.82, 2.24) is 15.5 Å². The molecule has 0 spiro atoms. The maximum absolute atomic E-state index is 12.9. The van der Waals surface area contributed by atoms with Gasteiger partial charge in [-0.25, -0.2) is 0 Å². The molecule has 11 nitrogen and oxygen atoms in total. The summed E-state index contributed by atoms with van der Waals surface area (Å²) < 4.78 is 0. The first-order valence-corrected chi connectivity index (χ1v) is 10.2. The van der Waals surface area contributed by atoms with Crippen LogP contribution in [0.2, 0.25) is 0 Å². The molecule has 1 heterocycles. The minimum Gasteiger partial charge on any atom is -0.480 e. The molecule has 1 aliphatic heterocycles. The van der Waals surface area contributed by atoms with Crippen molar-refractivity contribution in [1.29, 1.82) is 0 Å². The summed E-state index contributed by atoms with van der Waals surface area (Å²) in [6, 6.07) is -2.95. The topological polar surface area (TPSA) is 185 Å². The number of rotatable bonds is 11. The van der Waals surface area contributed by atoms with Crippen molar-refractivity contribution >= 4 is 41.4 Å². The molecular formula is C16H27N5O6S. The van der Waals surface area contributed by atoms with Gasteiger partial charge in [0.05, 0.1) is 12.5 Å². The third-order valence-electron chi connectivity index (χ3n) is 4.24. The highest BCUT2D eigenvalue weighted by atomic mass is 32.2. The number of nitrogens with one attached hydrogen (secondary N) is 2. The van der Waals surface area contributed by atoms with Crippen molar-refractivity contribution in [3.05, 3.63) is 0 Å². The summed E-state index contributed by atoms with van der Waals surface area (Å²) in [6.07, 6.45) is 2.71. The number of carboxylic acid groups (broad SMARTS) is 1. The minimum absolute atomic E-state index is 0.244. The van der Waals surface area contributed by atoms with E-state index in [4.69, 9.17) is 16.6 Å². The van der Waals surface area contributed by atoms with Crippen molar-refractivity contribution in [2.45, 2.75) is 43.8 Å². The first kappa shape index (κ1) is 23.7. The number of hydrogen-bond acceptors (Lipinski definition) is 7. The maximum atomic E-state index is 12.9. The first-order valence-electron chi connectivity index (χ1n) is 8.80. The molecule has 0 aromatic heterocycles. The molecule has 0 radical (unpaired) electrons. The molecule has 1 aliphatic rings. The molecular weight excluding hydrogens is 390 g/mol. The molecule has 1 saturated heterocycles. The Bertz CT molecular complexity index is 616. The van der Waals surface area contributed by atoms with Crippen LogP contribution in [0.25, 0.3) is 0 Å². The number of aliphatic carboxylic acids is 1. The summed E-state index contributed by atoms with van der Waals surface area (Å²) in [5, 5.41) is 13.4. The zero-order valence-corrected chi connectivity index (χ0v) is 16.5. The quantitative estimate of drug-likeness (QED) is 0.246. The lowest BCUT2D eigenvalue weighted by Gasteiger charge is -2.28. The Labute approximate surface area is 166 Å². The third-order valence-corrected chi connectivity index (χ3v) is 4.89. The third kappa shape index (κ3) is 7.35. The van der Waals surface area contributed by atoms with Crippen LogP contribution in [0.15, 0.2) is 0 Å². The standard InChI is InChI=1S/C16H27N5O6S/c1-28-6-4-9(17)14(25)20-10(7-12(18)22)16(27)21-5-2-3-11(21)15(26)19-8-13(23)24/h9-11H,2-8,17H2,1H3,(H2,18,22)(H,19,26)(H,20,25)(H,23,24). The largest absolute Gasteiger partial charge is 0.480 e. The Morgan fingerprint density at radius 3 is 2.54 bits per heavy atom. The molecule has 158 valence electrons. The van der Waals surface area contributed by atoms with E-state index in [0.29, 0.717) is 25.0 Å². The molecule has 12 heteroatoms. The van der Waals surface area contributed by atoms with E-state index in [0.717, 1.165) is 0 Å². The zero-order valence-electron chi connectivity index (χ0n) is 15.7. The molecule has 28 heavy (non-hydrogen) atoms. The van der Waals surface area contributed by atoms with E-state index in [1.54, 1.807) is 0 Å². The van der Waals surface area contributed by atoms with Crippen LogP contribution in [0, 0.1) is 0 Å². The summed E-state index contributed by atoms with van der Waals surface area (Å²) >= 11 is 1.52. The molecule has 0 saturated carbocycles. The van der Waals surface area contributed by atoms with E-state index in [9.17, 15) is 24.0 Å². The Morgan fingerprint density at radius 2 is 1.96 bits per heavy atom. The second-order valence-electron chi connectivity index (χ2n) is 6.42. The van der Waals surface area contributed by atoms with Crippen molar-refractivity contribution in [3.63, 3.8) is 0 Å². The SMILES string of the molecule is CSCCC(N)C(=O)NC(CC(N)=O)C(=O)N1CCCC1C(=O)NCC(=O)O. The number of nitrogens with two attached hydrogens (primary N) is 2. The van der Waals surface area contributed by atoms with E-state index in [-0.39, 0.29) is 6.54 Å². The highest BCUT2D eigenvalue weighted by Gasteiger charge is 2.38. The fraction of sp³-hybridized carbons (Fsp3) is 0.688. The molecule has 0 aliphatic carbocycles. The van der Waals surface area contributed by atoms with Crippen LogP contribution in [-0.4, -0.2) is 82.8 Å². The summed E-state index contributed by atoms with van der Waals surface area (Å²) in [4.78, 5) is 60.5. The van der Waals surface area contributed by atoms with Gasteiger partial charge < -0.3 is 32.1 Å². The fourth-order valence-corrected chi connectivity index (χ4v) is 3.33. The van der Waals surface area contributed by atoms with Crippen LogP contribution in [0.3, 0.4) is 0 Å². The lowest BCUT2D eigenvalue weighted by Crippen LogP contribution is -2.56. The second kappa shape index (κ2) is 11.5. The van der Waals surface area contributed by atoms with Gasteiger partial charge in [-0.15, -0.1) is 0 Å². The van der Waals surface area contributed by atoms with Gasteiger partial charge in [0, 0.05) is 6.54 Å². The van der Waals surface area contributed by atoms with Crippen LogP contribution in [0.5, 0.6) is 0 Å². The fourth-order valence-electron chi connectivity index (χ4n) is 2.84. The summed E-state index contributed by atoms with van der Waals surface area (Å²) in [5.41, 5.74) is 11.0. The van der Waals surface area contributed by atoms with Crippen LogP contribution >= 0.6 is 11.8 Å². The number of carbonyl (C=O) groups is 5. The van der Waals surface area contributed by atoms with E-state index in [1.807, 2.05) is 6.26 Å². The van der Waals surface area contributed by atoms with Gasteiger partial charge in [-0.1, -0.05) is 0 Å². The van der Waals surface area contributed by atoms with Gasteiger partial charge in [-0.2, -0.15) is 11.8 Å². The number of carbonyl (C=O) groups excluding carboxylic acids is 4. The van der Waals surface area contributed by atoms with Crippen molar-refractivity contribution < 1.29 is 29.1 Å². The van der Waals surface area contributed by atoms with Gasteiger partial charge in [-0.3, -0.25) is 24.0 Å². The summed E-state index contributed by atoms with van der Waals surface area (Å²) in [5.74, 6) is -3.16. The molecule has 0 bridgehead atoms. The van der Waals surface area contributed by atoms with Gasteiger partial charge in [-0.05, 0) is 31.3 Å². The number of thioether (sulfide) groups is 1. The van der Waals surface area contributed by atoms with Crippen molar-refractivity contribution in [3.8, 4) is 0 Å². The first-order chi connectivity index (χ1) is 13.2. The van der Waals surface area contributed by atoms with Crippen LogP contribution in [0.4, 0.5) is 0 Å². The smallest absolute Gasteiger partial charge is 0.322 e. The molecule has 0 aromatic rings. The van der Waals surface area contributed by atoms with E-state index in [2.05, 4.69) is 10.6 Å². The lowest BCUT2D eigenvalue weighted by atomic mass is 10.1. The Morgan fingerprint density at radius 1 is 1.29 bits per heavy atom. The predicted octanol–water partition coefficient (Wildman–Crippen LogP) is -2.38. The second-order valence-corrected chi connectivity index (χ2v) is 7.41. The highest BCUT2D eigenvalue weighted by molar-refractivity contribution is 7.98. The monoisotopic (exact) mass is 417 g/mol. The van der Waals surface area contributed by atoms with Gasteiger partial charge in [0.15, 0.2) is 0 Å². The average Bonchev–Trinajstić information content (AvgIpc) is 3.12. The number of likely N-dealkylation sites (tertiary alicyclic amines) is 1. The van der Waals surface area contributed by atoms with Crippen molar-refractivity contribution in [2.75, 3.05) is 25.1 Å². The van der Waals surface area contributed by atoms with Gasteiger partial charge in [0.1, 0.15) is 18.6 Å². The average molecular weight is 417 g/mol. The molecule has 7 N–H and O–H groups in total. The Balaban J connectivity index is 2.84. The number of hydrogen-bond donors (Lipinski definition) is 5. The van der Waals surface area contributed by atoms with Gasteiger partial charge in [0.2, 0.25) is 23.6 Å². The number of amides is 4. The van der Waals surface area contributed by atoms with Crippen LogP contribution in [-0.2, 0) is 24.0 Å². The molecule has 4 amide bonds. The van der Waals surface area contributed by atoms with Crippen LogP contribution in [0.1, 0.15) is 25.7 Å². The molecule has 3 unspecified atom stereocenters. The summed E-state index contributed by atoms with van der Waals surface area (Å²) in [6.45, 7) is -0.323. The molecule has 0 aromatic carbocycles. The lowest BCUT2D eigenvalue weighted by molar-refractivity contribution is -0.143. The van der Waals surface area contributed by atoms with Gasteiger partial charge in [0.25, 0.3) is 0 Å². The van der Waals surface area contributed by atoms with E-state index >= 15 is 0 Å². The van der Waals surface area contributed by atoms with Gasteiger partial charge >= 0.3 is 5.97 Å². The molecule has 3 atom stereocenters. The van der Waals surface area contributed by atoms with E-state index < -0.39 is 60.7 Å². The zero-order chi connectivity index (χ0) is 21.3. The highest BCUT2D eigenvalue weighted by Crippen LogP contribution is 2.19. The predicted molar refractivity (Wildman–Crippen MR) is 102 cm³/mol. The number of nitrogens with zero attached hydrogens (tertiary/aromatic N) is 1. The Hall–Kier alpha value is -2.34. The normalized spacial score (nSPS) is 18.2.